The van der Waals surface area contributed by atoms with Gasteiger partial charge in [0.15, 0.2) is 8.32 Å². The highest BCUT2D eigenvalue weighted by Crippen LogP contribution is 2.37. The molecule has 1 rings (SSSR count). The lowest BCUT2D eigenvalue weighted by Crippen LogP contribution is -2.44. The summed E-state index contributed by atoms with van der Waals surface area (Å²) < 4.78 is 47.8. The molecule has 0 fully saturated rings. The molecule has 0 aliphatic carbocycles. The first kappa shape index (κ1) is 18.7. The van der Waals surface area contributed by atoms with Crippen molar-refractivity contribution in [3.05, 3.63) is 34.1 Å². The summed E-state index contributed by atoms with van der Waals surface area (Å²) >= 11 is 3.16. The van der Waals surface area contributed by atoms with Gasteiger partial charge in [-0.2, -0.15) is 0 Å². The van der Waals surface area contributed by atoms with Crippen molar-refractivity contribution in [2.75, 3.05) is 6.61 Å². The minimum absolute atomic E-state index is 0.00629. The van der Waals surface area contributed by atoms with Gasteiger partial charge in [-0.05, 0) is 41.9 Å². The zero-order valence-corrected chi connectivity index (χ0v) is 15.7. The van der Waals surface area contributed by atoms with Crippen LogP contribution in [-0.4, -0.2) is 20.8 Å². The van der Waals surface area contributed by atoms with Gasteiger partial charge in [0.05, 0.1) is 6.61 Å². The third kappa shape index (κ3) is 5.42. The van der Waals surface area contributed by atoms with Gasteiger partial charge in [0.2, 0.25) is 0 Å². The van der Waals surface area contributed by atoms with Crippen LogP contribution in [0.3, 0.4) is 0 Å². The molecule has 0 saturated carbocycles. The van der Waals surface area contributed by atoms with E-state index in [-0.39, 0.29) is 10.6 Å². The van der Waals surface area contributed by atoms with E-state index >= 15 is 0 Å². The Morgan fingerprint density at radius 1 is 1.19 bits per heavy atom. The fraction of sp³-hybridized carbons (Fsp3) is 0.600. The highest BCUT2D eigenvalue weighted by Gasteiger charge is 2.41. The molecule has 120 valence electrons. The molecular weight excluding hydrogens is 361 g/mol. The highest BCUT2D eigenvalue weighted by molar-refractivity contribution is 9.10. The van der Waals surface area contributed by atoms with Gasteiger partial charge < -0.3 is 4.43 Å². The van der Waals surface area contributed by atoms with Gasteiger partial charge in [-0.3, -0.25) is 0 Å². The summed E-state index contributed by atoms with van der Waals surface area (Å²) in [7, 11) is -2.24. The quantitative estimate of drug-likeness (QED) is 0.585. The lowest BCUT2D eigenvalue weighted by Gasteiger charge is -2.37. The lowest BCUT2D eigenvalue weighted by molar-refractivity contribution is -0.0447. The largest absolute Gasteiger partial charge is 0.411 e. The average molecular weight is 383 g/mol. The molecule has 0 unspecified atom stereocenters. The Labute approximate surface area is 134 Å². The summed E-state index contributed by atoms with van der Waals surface area (Å²) in [4.78, 5) is 0. The van der Waals surface area contributed by atoms with Gasteiger partial charge in [0.1, 0.15) is 5.82 Å². The molecule has 6 heteroatoms. The lowest BCUT2D eigenvalue weighted by atomic mass is 10.1. The Morgan fingerprint density at radius 2 is 1.76 bits per heavy atom. The van der Waals surface area contributed by atoms with E-state index in [1.54, 1.807) is 0 Å². The van der Waals surface area contributed by atoms with Gasteiger partial charge in [0.25, 0.3) is 5.92 Å². The minimum Gasteiger partial charge on any atom is -0.411 e. The molecule has 0 saturated heterocycles. The number of benzene rings is 1. The summed E-state index contributed by atoms with van der Waals surface area (Å²) in [5.74, 6) is -3.71. The molecule has 0 aliphatic rings. The standard InChI is InChI=1S/C15H22BrF3OSi/c1-14(2,3)21(4,5)20-10-15(18,19)9-11-8-12(16)6-7-13(11)17/h6-8H,9-10H2,1-5H3. The topological polar surface area (TPSA) is 9.23 Å². The van der Waals surface area contributed by atoms with E-state index in [0.29, 0.717) is 4.47 Å². The van der Waals surface area contributed by atoms with Crippen LogP contribution in [0.5, 0.6) is 0 Å². The maximum absolute atomic E-state index is 14.1. The molecule has 0 aromatic heterocycles. The third-order valence-electron chi connectivity index (χ3n) is 3.91. The monoisotopic (exact) mass is 382 g/mol. The van der Waals surface area contributed by atoms with Crippen molar-refractivity contribution in [1.82, 2.24) is 0 Å². The first-order valence-corrected chi connectivity index (χ1v) is 10.5. The SMILES string of the molecule is CC(C)(C)[Si](C)(C)OCC(F)(F)Cc1cc(Br)ccc1F. The number of hydrogen-bond acceptors (Lipinski definition) is 1. The fourth-order valence-corrected chi connectivity index (χ4v) is 2.92. The van der Waals surface area contributed by atoms with Gasteiger partial charge in [-0.1, -0.05) is 36.7 Å². The maximum Gasteiger partial charge on any atom is 0.273 e. The number of hydrogen-bond donors (Lipinski definition) is 0. The van der Waals surface area contributed by atoms with Crippen molar-refractivity contribution in [2.45, 2.75) is 51.2 Å². The van der Waals surface area contributed by atoms with Crippen molar-refractivity contribution < 1.29 is 17.6 Å². The summed E-state index contributed by atoms with van der Waals surface area (Å²) in [5, 5.41) is -0.135. The Morgan fingerprint density at radius 3 is 2.29 bits per heavy atom. The number of rotatable bonds is 5. The molecular formula is C15H22BrF3OSi. The van der Waals surface area contributed by atoms with Crippen LogP contribution in [0.1, 0.15) is 26.3 Å². The Bertz CT molecular complexity index is 498. The van der Waals surface area contributed by atoms with E-state index in [0.717, 1.165) is 0 Å². The van der Waals surface area contributed by atoms with Crippen LogP contribution in [0, 0.1) is 5.82 Å². The molecule has 0 amide bonds. The maximum atomic E-state index is 14.1. The molecule has 0 aliphatic heterocycles. The van der Waals surface area contributed by atoms with Crippen molar-refractivity contribution >= 4 is 24.2 Å². The van der Waals surface area contributed by atoms with Gasteiger partial charge in [-0.15, -0.1) is 0 Å². The third-order valence-corrected chi connectivity index (χ3v) is 8.88. The van der Waals surface area contributed by atoms with Crippen LogP contribution in [0.4, 0.5) is 13.2 Å². The van der Waals surface area contributed by atoms with Crippen LogP contribution in [0.2, 0.25) is 18.1 Å². The van der Waals surface area contributed by atoms with Crippen molar-refractivity contribution in [1.29, 1.82) is 0 Å². The summed E-state index contributed by atoms with van der Waals surface area (Å²) in [6.45, 7) is 9.14. The number of alkyl halides is 2. The van der Waals surface area contributed by atoms with Crippen LogP contribution < -0.4 is 0 Å². The van der Waals surface area contributed by atoms with E-state index in [4.69, 9.17) is 4.43 Å². The van der Waals surface area contributed by atoms with Gasteiger partial charge in [-0.25, -0.2) is 13.2 Å². The van der Waals surface area contributed by atoms with E-state index in [1.807, 2.05) is 33.9 Å². The molecule has 1 aromatic rings. The predicted molar refractivity (Wildman–Crippen MR) is 85.9 cm³/mol. The van der Waals surface area contributed by atoms with Crippen LogP contribution in [0.25, 0.3) is 0 Å². The zero-order chi connectivity index (χ0) is 16.5. The van der Waals surface area contributed by atoms with Crippen molar-refractivity contribution in [2.24, 2.45) is 0 Å². The second-order valence-electron chi connectivity index (χ2n) is 6.82. The van der Waals surface area contributed by atoms with Crippen molar-refractivity contribution in [3.63, 3.8) is 0 Å². The zero-order valence-electron chi connectivity index (χ0n) is 13.1. The highest BCUT2D eigenvalue weighted by atomic mass is 79.9. The molecule has 0 heterocycles. The molecule has 0 radical (unpaired) electrons. The van der Waals surface area contributed by atoms with Gasteiger partial charge >= 0.3 is 0 Å². The van der Waals surface area contributed by atoms with Crippen LogP contribution in [-0.2, 0) is 10.8 Å². The van der Waals surface area contributed by atoms with E-state index in [9.17, 15) is 13.2 Å². The fourth-order valence-electron chi connectivity index (χ4n) is 1.51. The second-order valence-corrected chi connectivity index (χ2v) is 12.5. The van der Waals surface area contributed by atoms with Gasteiger partial charge in [0, 0.05) is 10.9 Å². The summed E-state index contributed by atoms with van der Waals surface area (Å²) in [5.41, 5.74) is -0.00629. The van der Waals surface area contributed by atoms with E-state index < -0.39 is 33.1 Å². The van der Waals surface area contributed by atoms with E-state index in [2.05, 4.69) is 15.9 Å². The molecule has 1 aromatic carbocycles. The minimum atomic E-state index is -3.09. The molecule has 0 atom stereocenters. The normalized spacial score (nSPS) is 13.6. The summed E-state index contributed by atoms with van der Waals surface area (Å²) in [6, 6.07) is 4.06. The molecule has 21 heavy (non-hydrogen) atoms. The first-order valence-electron chi connectivity index (χ1n) is 6.80. The van der Waals surface area contributed by atoms with Crippen LogP contribution >= 0.6 is 15.9 Å². The summed E-state index contributed by atoms with van der Waals surface area (Å²) in [6.07, 6.45) is -0.660. The Hall–Kier alpha value is -0.333. The molecule has 1 nitrogen and oxygen atoms in total. The Balaban J connectivity index is 2.76. The average Bonchev–Trinajstić information content (AvgIpc) is 2.30. The molecule has 0 N–H and O–H groups in total. The predicted octanol–water partition coefficient (Wildman–Crippen LogP) is 5.79. The van der Waals surface area contributed by atoms with E-state index in [1.165, 1.54) is 18.2 Å². The second kappa shape index (κ2) is 6.42. The molecule has 0 spiro atoms. The molecule has 0 bridgehead atoms. The first-order chi connectivity index (χ1) is 9.34. The van der Waals surface area contributed by atoms with Crippen molar-refractivity contribution in [3.8, 4) is 0 Å². The Kier molecular flexibility index (Phi) is 5.72. The van der Waals surface area contributed by atoms with Crippen LogP contribution in [0.15, 0.2) is 22.7 Å². The smallest absolute Gasteiger partial charge is 0.273 e. The number of halogens is 4.